The molecule has 1 aliphatic rings. The molecule has 0 aromatic heterocycles. The van der Waals surface area contributed by atoms with Gasteiger partial charge in [-0.2, -0.15) is 8.42 Å². The summed E-state index contributed by atoms with van der Waals surface area (Å²) in [6.07, 6.45) is 2.55. The van der Waals surface area contributed by atoms with Gasteiger partial charge in [0.05, 0.1) is 4.75 Å². The Bertz CT molecular complexity index is 419. The number of hydrogen-bond acceptors (Lipinski definition) is 3. The Morgan fingerprint density at radius 2 is 1.80 bits per heavy atom. The van der Waals surface area contributed by atoms with Gasteiger partial charge in [0.25, 0.3) is 0 Å². The molecule has 0 amide bonds. The van der Waals surface area contributed by atoms with Crippen molar-refractivity contribution in [1.29, 1.82) is 0 Å². The molecule has 15 heavy (non-hydrogen) atoms. The number of allylic oxidation sites excluding steroid dienone is 3. The molecular weight excluding hydrogens is 212 g/mol. The van der Waals surface area contributed by atoms with E-state index in [4.69, 9.17) is 4.18 Å². The molecule has 0 unspecified atom stereocenters. The van der Waals surface area contributed by atoms with Crippen molar-refractivity contribution in [3.05, 3.63) is 23.0 Å². The van der Waals surface area contributed by atoms with Crippen molar-refractivity contribution in [3.8, 4) is 0 Å². The molecule has 86 valence electrons. The first kappa shape index (κ1) is 12.3. The molecule has 0 spiro atoms. The maximum atomic E-state index is 11.8. The topological polar surface area (TPSA) is 43.4 Å². The SMILES string of the molecule is CC1=CCC(OS(=O)(=O)C(C)(C)C)=C1C. The summed E-state index contributed by atoms with van der Waals surface area (Å²) in [5.41, 5.74) is 2.02. The van der Waals surface area contributed by atoms with Crippen LogP contribution in [0.15, 0.2) is 23.0 Å². The third kappa shape index (κ3) is 2.43. The van der Waals surface area contributed by atoms with E-state index in [9.17, 15) is 8.42 Å². The molecule has 0 saturated carbocycles. The molecule has 0 N–H and O–H groups in total. The predicted molar refractivity (Wildman–Crippen MR) is 60.8 cm³/mol. The Balaban J connectivity index is 2.92. The summed E-state index contributed by atoms with van der Waals surface area (Å²) < 4.78 is 27.8. The van der Waals surface area contributed by atoms with Gasteiger partial charge < -0.3 is 4.18 Å². The average Bonchev–Trinajstić information content (AvgIpc) is 2.33. The van der Waals surface area contributed by atoms with Gasteiger partial charge in [-0.05, 0) is 45.8 Å². The molecule has 0 aromatic rings. The van der Waals surface area contributed by atoms with Gasteiger partial charge in [0.1, 0.15) is 5.76 Å². The van der Waals surface area contributed by atoms with Crippen LogP contribution in [-0.4, -0.2) is 13.2 Å². The van der Waals surface area contributed by atoms with Gasteiger partial charge in [0, 0.05) is 6.42 Å². The van der Waals surface area contributed by atoms with Crippen molar-refractivity contribution in [2.24, 2.45) is 0 Å². The van der Waals surface area contributed by atoms with E-state index in [2.05, 4.69) is 0 Å². The minimum Gasteiger partial charge on any atom is -0.386 e. The predicted octanol–water partition coefficient (Wildman–Crippen LogP) is 2.76. The van der Waals surface area contributed by atoms with Crippen LogP contribution in [0.3, 0.4) is 0 Å². The third-order valence-corrected chi connectivity index (χ3v) is 4.48. The van der Waals surface area contributed by atoms with E-state index in [1.807, 2.05) is 19.9 Å². The molecule has 0 fully saturated rings. The van der Waals surface area contributed by atoms with Crippen LogP contribution in [0.25, 0.3) is 0 Å². The van der Waals surface area contributed by atoms with Crippen LogP contribution in [0.5, 0.6) is 0 Å². The average molecular weight is 230 g/mol. The summed E-state index contributed by atoms with van der Waals surface area (Å²) in [4.78, 5) is 0. The highest BCUT2D eigenvalue weighted by Gasteiger charge is 2.32. The van der Waals surface area contributed by atoms with Crippen molar-refractivity contribution in [3.63, 3.8) is 0 Å². The molecule has 1 aliphatic carbocycles. The van der Waals surface area contributed by atoms with E-state index in [1.54, 1.807) is 20.8 Å². The van der Waals surface area contributed by atoms with Crippen LogP contribution in [0.4, 0.5) is 0 Å². The third-order valence-electron chi connectivity index (χ3n) is 2.56. The van der Waals surface area contributed by atoms with Gasteiger partial charge in [0.15, 0.2) is 0 Å². The molecule has 4 heteroatoms. The summed E-state index contributed by atoms with van der Waals surface area (Å²) >= 11 is 0. The van der Waals surface area contributed by atoms with Crippen molar-refractivity contribution in [1.82, 2.24) is 0 Å². The molecule has 0 heterocycles. The Labute approximate surface area is 92.0 Å². The lowest BCUT2D eigenvalue weighted by Crippen LogP contribution is -2.29. The van der Waals surface area contributed by atoms with Crippen LogP contribution in [0.1, 0.15) is 41.0 Å². The lowest BCUT2D eigenvalue weighted by molar-refractivity contribution is 0.377. The van der Waals surface area contributed by atoms with Gasteiger partial charge >= 0.3 is 10.1 Å². The summed E-state index contributed by atoms with van der Waals surface area (Å²) in [7, 11) is -3.53. The zero-order valence-electron chi connectivity index (χ0n) is 9.92. The van der Waals surface area contributed by atoms with Crippen LogP contribution < -0.4 is 0 Å². The van der Waals surface area contributed by atoms with Gasteiger partial charge in [-0.1, -0.05) is 6.08 Å². The summed E-state index contributed by atoms with van der Waals surface area (Å²) in [5.74, 6) is 0.558. The Morgan fingerprint density at radius 3 is 2.13 bits per heavy atom. The summed E-state index contributed by atoms with van der Waals surface area (Å²) in [6.45, 7) is 8.73. The Kier molecular flexibility index (Phi) is 3.01. The Morgan fingerprint density at radius 1 is 1.27 bits per heavy atom. The molecule has 0 atom stereocenters. The van der Waals surface area contributed by atoms with E-state index in [0.29, 0.717) is 12.2 Å². The smallest absolute Gasteiger partial charge is 0.313 e. The second-order valence-corrected chi connectivity index (χ2v) is 7.09. The molecule has 0 radical (unpaired) electrons. The van der Waals surface area contributed by atoms with Gasteiger partial charge in [-0.15, -0.1) is 0 Å². The van der Waals surface area contributed by atoms with Crippen molar-refractivity contribution < 1.29 is 12.6 Å². The Hall–Kier alpha value is -0.770. The normalized spacial score (nSPS) is 18.1. The van der Waals surface area contributed by atoms with E-state index in [-0.39, 0.29) is 0 Å². The minimum atomic E-state index is -3.53. The molecule has 1 rings (SSSR count). The maximum Gasteiger partial charge on any atom is 0.313 e. The molecule has 0 bridgehead atoms. The van der Waals surface area contributed by atoms with Crippen LogP contribution in [0, 0.1) is 0 Å². The van der Waals surface area contributed by atoms with Gasteiger partial charge in [0.2, 0.25) is 0 Å². The van der Waals surface area contributed by atoms with Crippen molar-refractivity contribution in [2.75, 3.05) is 0 Å². The van der Waals surface area contributed by atoms with E-state index < -0.39 is 14.9 Å². The van der Waals surface area contributed by atoms with Crippen LogP contribution >= 0.6 is 0 Å². The number of hydrogen-bond donors (Lipinski definition) is 0. The highest BCUT2D eigenvalue weighted by molar-refractivity contribution is 7.88. The first-order chi connectivity index (χ1) is 6.65. The highest BCUT2D eigenvalue weighted by atomic mass is 32.2. The zero-order valence-corrected chi connectivity index (χ0v) is 10.7. The first-order valence-electron chi connectivity index (χ1n) is 4.96. The quantitative estimate of drug-likeness (QED) is 0.685. The lowest BCUT2D eigenvalue weighted by Gasteiger charge is -2.20. The fraction of sp³-hybridized carbons (Fsp3) is 0.636. The monoisotopic (exact) mass is 230 g/mol. The highest BCUT2D eigenvalue weighted by Crippen LogP contribution is 2.30. The largest absolute Gasteiger partial charge is 0.386 e. The second-order valence-electron chi connectivity index (χ2n) is 4.79. The van der Waals surface area contributed by atoms with Gasteiger partial charge in [-0.3, -0.25) is 0 Å². The van der Waals surface area contributed by atoms with E-state index >= 15 is 0 Å². The van der Waals surface area contributed by atoms with E-state index in [0.717, 1.165) is 11.1 Å². The van der Waals surface area contributed by atoms with Crippen molar-refractivity contribution >= 4 is 10.1 Å². The fourth-order valence-corrected chi connectivity index (χ4v) is 1.83. The van der Waals surface area contributed by atoms with Crippen molar-refractivity contribution in [2.45, 2.75) is 45.8 Å². The molecule has 3 nitrogen and oxygen atoms in total. The molecular formula is C11H18O3S. The molecule has 0 aromatic carbocycles. The molecule has 0 saturated heterocycles. The van der Waals surface area contributed by atoms with Gasteiger partial charge in [-0.25, -0.2) is 0 Å². The van der Waals surface area contributed by atoms with Crippen LogP contribution in [0.2, 0.25) is 0 Å². The van der Waals surface area contributed by atoms with E-state index in [1.165, 1.54) is 0 Å². The van der Waals surface area contributed by atoms with Crippen LogP contribution in [-0.2, 0) is 14.3 Å². The summed E-state index contributed by atoms with van der Waals surface area (Å²) in [6, 6.07) is 0. The first-order valence-corrected chi connectivity index (χ1v) is 6.37. The fourth-order valence-electron chi connectivity index (χ4n) is 1.13. The zero-order chi connectivity index (χ0) is 11.9. The second kappa shape index (κ2) is 3.67. The standard InChI is InChI=1S/C11H18O3S/c1-8-6-7-10(9(8)2)14-15(12,13)11(3,4)5/h6H,7H2,1-5H3. The summed E-state index contributed by atoms with van der Waals surface area (Å²) in [5, 5.41) is 0. The maximum absolute atomic E-state index is 11.8. The number of rotatable bonds is 2. The molecule has 0 aliphatic heterocycles. The minimum absolute atomic E-state index is 0.558. The lowest BCUT2D eigenvalue weighted by atomic mass is 10.2.